The predicted molar refractivity (Wildman–Crippen MR) is 60.8 cm³/mol. The van der Waals surface area contributed by atoms with Crippen LogP contribution in [0.25, 0.3) is 0 Å². The summed E-state index contributed by atoms with van der Waals surface area (Å²) in [6.45, 7) is 8.27. The molecule has 0 saturated carbocycles. The van der Waals surface area contributed by atoms with E-state index in [9.17, 15) is 0 Å². The maximum Gasteiger partial charge on any atom is 0.119 e. The summed E-state index contributed by atoms with van der Waals surface area (Å²) in [5.41, 5.74) is 1.27. The van der Waals surface area contributed by atoms with Crippen LogP contribution in [0.2, 0.25) is 0 Å². The third kappa shape index (κ3) is 2.38. The standard InChI is InChI=1S/C13H18O/c1-5-13(10(2)3)11-7-6-8-12(9-11)14-4/h5-10,13H,1H2,2-4H3/t13-/m0/s1. The fourth-order valence-electron chi connectivity index (χ4n) is 1.64. The molecule has 14 heavy (non-hydrogen) atoms. The van der Waals surface area contributed by atoms with Gasteiger partial charge in [-0.25, -0.2) is 0 Å². The van der Waals surface area contributed by atoms with Gasteiger partial charge < -0.3 is 4.74 Å². The van der Waals surface area contributed by atoms with Gasteiger partial charge in [0.2, 0.25) is 0 Å². The van der Waals surface area contributed by atoms with Gasteiger partial charge in [0, 0.05) is 5.92 Å². The zero-order chi connectivity index (χ0) is 10.6. The van der Waals surface area contributed by atoms with Crippen LogP contribution in [-0.4, -0.2) is 7.11 Å². The van der Waals surface area contributed by atoms with Gasteiger partial charge in [-0.3, -0.25) is 0 Å². The molecule has 1 aromatic rings. The molecule has 0 fully saturated rings. The maximum absolute atomic E-state index is 5.19. The van der Waals surface area contributed by atoms with Crippen LogP contribution in [0.1, 0.15) is 25.3 Å². The van der Waals surface area contributed by atoms with Gasteiger partial charge in [-0.2, -0.15) is 0 Å². The Kier molecular flexibility index (Phi) is 3.75. The number of benzene rings is 1. The molecule has 0 radical (unpaired) electrons. The Labute approximate surface area is 86.4 Å². The van der Waals surface area contributed by atoms with E-state index < -0.39 is 0 Å². The van der Waals surface area contributed by atoms with E-state index in [4.69, 9.17) is 4.74 Å². The van der Waals surface area contributed by atoms with Crippen LogP contribution in [0.4, 0.5) is 0 Å². The molecule has 0 amide bonds. The highest BCUT2D eigenvalue weighted by molar-refractivity contribution is 5.32. The summed E-state index contributed by atoms with van der Waals surface area (Å²) in [5.74, 6) is 1.89. The number of allylic oxidation sites excluding steroid dienone is 1. The van der Waals surface area contributed by atoms with E-state index >= 15 is 0 Å². The Morgan fingerprint density at radius 2 is 2.07 bits per heavy atom. The molecule has 1 heteroatoms. The average molecular weight is 190 g/mol. The van der Waals surface area contributed by atoms with E-state index in [0.717, 1.165) is 5.75 Å². The van der Waals surface area contributed by atoms with Crippen molar-refractivity contribution in [3.63, 3.8) is 0 Å². The Bertz CT molecular complexity index is 302. The Morgan fingerprint density at radius 1 is 1.36 bits per heavy atom. The second kappa shape index (κ2) is 4.85. The first-order valence-electron chi connectivity index (χ1n) is 4.95. The molecule has 0 aliphatic rings. The highest BCUT2D eigenvalue weighted by Gasteiger charge is 2.11. The van der Waals surface area contributed by atoms with Gasteiger partial charge in [0.1, 0.15) is 5.75 Å². The normalized spacial score (nSPS) is 12.6. The lowest BCUT2D eigenvalue weighted by atomic mass is 9.88. The van der Waals surface area contributed by atoms with E-state index in [1.54, 1.807) is 7.11 Å². The SMILES string of the molecule is C=C[C@H](c1cccc(OC)c1)C(C)C. The Hall–Kier alpha value is -1.24. The third-order valence-electron chi connectivity index (χ3n) is 2.45. The van der Waals surface area contributed by atoms with Crippen molar-refractivity contribution in [2.24, 2.45) is 5.92 Å². The molecule has 0 unspecified atom stereocenters. The summed E-state index contributed by atoms with van der Waals surface area (Å²) in [4.78, 5) is 0. The van der Waals surface area contributed by atoms with Gasteiger partial charge in [0.25, 0.3) is 0 Å². The molecule has 0 aromatic heterocycles. The molecule has 0 heterocycles. The largest absolute Gasteiger partial charge is 0.497 e. The molecule has 1 nitrogen and oxygen atoms in total. The monoisotopic (exact) mass is 190 g/mol. The molecule has 76 valence electrons. The lowest BCUT2D eigenvalue weighted by Gasteiger charge is -2.17. The van der Waals surface area contributed by atoms with Crippen LogP contribution < -0.4 is 4.74 Å². The highest BCUT2D eigenvalue weighted by Crippen LogP contribution is 2.27. The summed E-state index contributed by atoms with van der Waals surface area (Å²) in [7, 11) is 1.69. The summed E-state index contributed by atoms with van der Waals surface area (Å²) in [6.07, 6.45) is 2.00. The fourth-order valence-corrected chi connectivity index (χ4v) is 1.64. The van der Waals surface area contributed by atoms with Crippen molar-refractivity contribution in [3.8, 4) is 5.75 Å². The van der Waals surface area contributed by atoms with Gasteiger partial charge in [-0.05, 0) is 23.6 Å². The van der Waals surface area contributed by atoms with Gasteiger partial charge in [0.15, 0.2) is 0 Å². The molecule has 0 aliphatic carbocycles. The highest BCUT2D eigenvalue weighted by atomic mass is 16.5. The Morgan fingerprint density at radius 3 is 2.57 bits per heavy atom. The van der Waals surface area contributed by atoms with E-state index in [1.807, 2.05) is 18.2 Å². The second-order valence-corrected chi connectivity index (χ2v) is 3.78. The number of hydrogen-bond donors (Lipinski definition) is 0. The van der Waals surface area contributed by atoms with E-state index in [1.165, 1.54) is 5.56 Å². The summed E-state index contributed by atoms with van der Waals surface area (Å²) in [6, 6.07) is 8.18. The van der Waals surface area contributed by atoms with Gasteiger partial charge in [-0.1, -0.05) is 32.1 Å². The van der Waals surface area contributed by atoms with Crippen LogP contribution >= 0.6 is 0 Å². The van der Waals surface area contributed by atoms with Crippen LogP contribution in [0.5, 0.6) is 5.75 Å². The predicted octanol–water partition coefficient (Wildman–Crippen LogP) is 3.62. The maximum atomic E-state index is 5.19. The van der Waals surface area contributed by atoms with Crippen molar-refractivity contribution in [3.05, 3.63) is 42.5 Å². The number of hydrogen-bond acceptors (Lipinski definition) is 1. The van der Waals surface area contributed by atoms with Crippen molar-refractivity contribution >= 4 is 0 Å². The first-order chi connectivity index (χ1) is 6.69. The van der Waals surface area contributed by atoms with Crippen LogP contribution in [0, 0.1) is 5.92 Å². The smallest absolute Gasteiger partial charge is 0.119 e. The van der Waals surface area contributed by atoms with Crippen molar-refractivity contribution in [2.75, 3.05) is 7.11 Å². The number of methoxy groups -OCH3 is 1. The molecule has 1 atom stereocenters. The lowest BCUT2D eigenvalue weighted by molar-refractivity contribution is 0.413. The molecule has 0 bridgehead atoms. The van der Waals surface area contributed by atoms with Crippen LogP contribution in [-0.2, 0) is 0 Å². The molecule has 1 rings (SSSR count). The molecule has 1 aromatic carbocycles. The minimum absolute atomic E-state index is 0.408. The zero-order valence-electron chi connectivity index (χ0n) is 9.16. The molecule has 0 spiro atoms. The fraction of sp³-hybridized carbons (Fsp3) is 0.385. The summed E-state index contributed by atoms with van der Waals surface area (Å²) >= 11 is 0. The Balaban J connectivity index is 2.98. The minimum Gasteiger partial charge on any atom is -0.497 e. The van der Waals surface area contributed by atoms with Crippen molar-refractivity contribution < 1.29 is 4.74 Å². The number of ether oxygens (including phenoxy) is 1. The first-order valence-corrected chi connectivity index (χ1v) is 4.95. The van der Waals surface area contributed by atoms with Crippen LogP contribution in [0.15, 0.2) is 36.9 Å². The number of rotatable bonds is 4. The molecule has 0 N–H and O–H groups in total. The van der Waals surface area contributed by atoms with E-state index in [-0.39, 0.29) is 0 Å². The summed E-state index contributed by atoms with van der Waals surface area (Å²) in [5, 5.41) is 0. The van der Waals surface area contributed by atoms with Crippen molar-refractivity contribution in [1.82, 2.24) is 0 Å². The topological polar surface area (TPSA) is 9.23 Å². The van der Waals surface area contributed by atoms with Crippen molar-refractivity contribution in [1.29, 1.82) is 0 Å². The zero-order valence-corrected chi connectivity index (χ0v) is 9.16. The van der Waals surface area contributed by atoms with Gasteiger partial charge >= 0.3 is 0 Å². The molecular formula is C13H18O. The third-order valence-corrected chi connectivity index (χ3v) is 2.45. The molecule has 0 saturated heterocycles. The van der Waals surface area contributed by atoms with Gasteiger partial charge in [-0.15, -0.1) is 6.58 Å². The van der Waals surface area contributed by atoms with Crippen molar-refractivity contribution in [2.45, 2.75) is 19.8 Å². The second-order valence-electron chi connectivity index (χ2n) is 3.78. The molecular weight excluding hydrogens is 172 g/mol. The van der Waals surface area contributed by atoms with E-state index in [0.29, 0.717) is 11.8 Å². The first kappa shape index (κ1) is 10.8. The van der Waals surface area contributed by atoms with E-state index in [2.05, 4.69) is 32.6 Å². The average Bonchev–Trinajstić information content (AvgIpc) is 2.19. The molecule has 0 aliphatic heterocycles. The minimum atomic E-state index is 0.408. The summed E-state index contributed by atoms with van der Waals surface area (Å²) < 4.78 is 5.19. The lowest BCUT2D eigenvalue weighted by Crippen LogP contribution is -2.03. The van der Waals surface area contributed by atoms with Crippen LogP contribution in [0.3, 0.4) is 0 Å². The quantitative estimate of drug-likeness (QED) is 0.659. The van der Waals surface area contributed by atoms with Gasteiger partial charge in [0.05, 0.1) is 7.11 Å².